The fourth-order valence-corrected chi connectivity index (χ4v) is 1.63. The Morgan fingerprint density at radius 2 is 2.05 bits per heavy atom. The quantitative estimate of drug-likeness (QED) is 0.254. The molecule has 2 atom stereocenters. The van der Waals surface area contributed by atoms with Gasteiger partial charge in [0.25, 0.3) is 6.29 Å². The van der Waals surface area contributed by atoms with E-state index in [0.717, 1.165) is 0 Å². The maximum Gasteiger partial charge on any atom is 0.511 e. The standard InChI is InChI=1S/C11H19N3O7/c1-7(2)19-11(17)20-8(3)21-12-14(18)13-5-4-9(6-13)10(15)16/h7-9H,4-6H2,1-3H3,(H,15,16)/b14-12-. The Labute approximate surface area is 121 Å². The van der Waals surface area contributed by atoms with Gasteiger partial charge in [-0.1, -0.05) is 0 Å². The van der Waals surface area contributed by atoms with E-state index in [-0.39, 0.29) is 24.2 Å². The number of hydrogen-bond acceptors (Lipinski definition) is 7. The Bertz CT molecular complexity index is 413. The maximum atomic E-state index is 11.6. The van der Waals surface area contributed by atoms with Gasteiger partial charge in [-0.25, -0.2) is 4.79 Å². The van der Waals surface area contributed by atoms with E-state index < -0.39 is 24.3 Å². The highest BCUT2D eigenvalue weighted by molar-refractivity contribution is 5.70. The number of nitrogens with zero attached hydrogens (tertiary/aromatic N) is 3. The van der Waals surface area contributed by atoms with Gasteiger partial charge in [0.05, 0.1) is 30.1 Å². The molecule has 0 aromatic heterocycles. The molecule has 1 rings (SSSR count). The molecule has 0 radical (unpaired) electrons. The van der Waals surface area contributed by atoms with Crippen molar-refractivity contribution in [1.82, 2.24) is 5.01 Å². The Hall–Kier alpha value is -2.26. The van der Waals surface area contributed by atoms with E-state index >= 15 is 0 Å². The zero-order valence-corrected chi connectivity index (χ0v) is 12.1. The van der Waals surface area contributed by atoms with E-state index in [4.69, 9.17) is 14.7 Å². The van der Waals surface area contributed by atoms with Gasteiger partial charge in [-0.2, -0.15) is 0 Å². The van der Waals surface area contributed by atoms with Gasteiger partial charge < -0.3 is 19.8 Å². The molecule has 0 aromatic rings. The third kappa shape index (κ3) is 5.71. The zero-order chi connectivity index (χ0) is 16.0. The van der Waals surface area contributed by atoms with E-state index in [0.29, 0.717) is 6.42 Å². The molecule has 0 amide bonds. The predicted molar refractivity (Wildman–Crippen MR) is 66.6 cm³/mol. The fourth-order valence-electron chi connectivity index (χ4n) is 1.63. The number of carboxylic acid groups (broad SMARTS) is 1. The number of ether oxygens (including phenoxy) is 2. The van der Waals surface area contributed by atoms with Crippen LogP contribution in [0.3, 0.4) is 0 Å². The van der Waals surface area contributed by atoms with Gasteiger partial charge in [0.1, 0.15) is 0 Å². The number of aliphatic carboxylic acids is 1. The van der Waals surface area contributed by atoms with Gasteiger partial charge in [0.2, 0.25) is 5.28 Å². The molecule has 0 spiro atoms. The van der Waals surface area contributed by atoms with Crippen molar-refractivity contribution in [3.8, 4) is 0 Å². The van der Waals surface area contributed by atoms with Crippen LogP contribution in [0.5, 0.6) is 0 Å². The average molecular weight is 305 g/mol. The fraction of sp³-hybridized carbons (Fsp3) is 0.818. The lowest BCUT2D eigenvalue weighted by molar-refractivity contribution is -0.709. The second-order valence-corrected chi connectivity index (χ2v) is 4.78. The molecular weight excluding hydrogens is 286 g/mol. The van der Waals surface area contributed by atoms with E-state index in [9.17, 15) is 14.8 Å². The first-order valence-corrected chi connectivity index (χ1v) is 6.48. The molecule has 120 valence electrons. The van der Waals surface area contributed by atoms with Crippen LogP contribution in [0.2, 0.25) is 0 Å². The second kappa shape index (κ2) is 7.50. The molecule has 0 bridgehead atoms. The minimum atomic E-state index is -1.11. The number of rotatable bonds is 6. The van der Waals surface area contributed by atoms with Crippen LogP contribution in [0, 0.1) is 11.1 Å². The Morgan fingerprint density at radius 3 is 2.57 bits per heavy atom. The molecular formula is C11H19N3O7. The van der Waals surface area contributed by atoms with Gasteiger partial charge >= 0.3 is 12.1 Å². The number of carbonyl (C=O) groups is 2. The molecule has 1 N–H and O–H groups in total. The van der Waals surface area contributed by atoms with Gasteiger partial charge in [0.15, 0.2) is 0 Å². The zero-order valence-electron chi connectivity index (χ0n) is 12.1. The largest absolute Gasteiger partial charge is 0.569 e. The number of carboxylic acids is 1. The average Bonchev–Trinajstić information content (AvgIpc) is 2.84. The predicted octanol–water partition coefficient (Wildman–Crippen LogP) is 1.11. The van der Waals surface area contributed by atoms with Crippen LogP contribution in [0.25, 0.3) is 0 Å². The van der Waals surface area contributed by atoms with Crippen molar-refractivity contribution in [2.45, 2.75) is 39.6 Å². The lowest BCUT2D eigenvalue weighted by Gasteiger charge is -2.14. The summed E-state index contributed by atoms with van der Waals surface area (Å²) in [6.45, 7) is 4.99. The summed E-state index contributed by atoms with van der Waals surface area (Å²) in [4.78, 5) is 26.8. The van der Waals surface area contributed by atoms with Gasteiger partial charge in [-0.15, -0.1) is 5.01 Å². The highest BCUT2D eigenvalue weighted by Gasteiger charge is 2.33. The molecule has 0 aromatic carbocycles. The minimum Gasteiger partial charge on any atom is -0.569 e. The molecule has 1 heterocycles. The Morgan fingerprint density at radius 1 is 1.38 bits per heavy atom. The van der Waals surface area contributed by atoms with Crippen molar-refractivity contribution in [3.63, 3.8) is 0 Å². The van der Waals surface area contributed by atoms with Crippen LogP contribution in [-0.2, 0) is 19.1 Å². The number of carbonyl (C=O) groups excluding carboxylic acids is 1. The van der Waals surface area contributed by atoms with Gasteiger partial charge in [-0.05, 0) is 20.3 Å². The van der Waals surface area contributed by atoms with E-state index in [2.05, 4.69) is 10.0 Å². The van der Waals surface area contributed by atoms with Crippen molar-refractivity contribution in [1.29, 1.82) is 0 Å². The molecule has 10 nitrogen and oxygen atoms in total. The van der Waals surface area contributed by atoms with Crippen LogP contribution >= 0.6 is 0 Å². The van der Waals surface area contributed by atoms with Crippen molar-refractivity contribution < 1.29 is 34.0 Å². The minimum absolute atomic E-state index is 0.0519. The van der Waals surface area contributed by atoms with Crippen LogP contribution in [0.4, 0.5) is 4.79 Å². The third-order valence-electron chi connectivity index (χ3n) is 2.62. The summed E-state index contributed by atoms with van der Waals surface area (Å²) >= 11 is 0. The van der Waals surface area contributed by atoms with Crippen molar-refractivity contribution in [2.24, 2.45) is 11.2 Å². The molecule has 21 heavy (non-hydrogen) atoms. The first-order valence-electron chi connectivity index (χ1n) is 6.48. The monoisotopic (exact) mass is 305 g/mol. The summed E-state index contributed by atoms with van der Waals surface area (Å²) in [6.07, 6.45) is -2.02. The van der Waals surface area contributed by atoms with E-state index in [1.165, 1.54) is 11.9 Å². The highest BCUT2D eigenvalue weighted by Crippen LogP contribution is 2.16. The normalized spacial score (nSPS) is 20.3. The first-order chi connectivity index (χ1) is 9.79. The summed E-state index contributed by atoms with van der Waals surface area (Å²) in [5, 5.41) is 24.8. The van der Waals surface area contributed by atoms with E-state index in [1.807, 2.05) is 0 Å². The molecule has 10 heteroatoms. The summed E-state index contributed by atoms with van der Waals surface area (Å²) < 4.78 is 9.40. The number of hydrogen-bond donors (Lipinski definition) is 1. The molecule has 0 aliphatic carbocycles. The second-order valence-electron chi connectivity index (χ2n) is 4.78. The highest BCUT2D eigenvalue weighted by atomic mass is 16.8. The summed E-state index contributed by atoms with van der Waals surface area (Å²) in [6, 6.07) is 0. The molecule has 1 aliphatic heterocycles. The summed E-state index contributed by atoms with van der Waals surface area (Å²) in [5.41, 5.74) is 0. The van der Waals surface area contributed by atoms with E-state index in [1.54, 1.807) is 13.8 Å². The molecule has 0 saturated carbocycles. The molecule has 2 unspecified atom stereocenters. The Balaban J connectivity index is 2.38. The third-order valence-corrected chi connectivity index (χ3v) is 2.62. The smallest absolute Gasteiger partial charge is 0.511 e. The van der Waals surface area contributed by atoms with Crippen molar-refractivity contribution >= 4 is 12.1 Å². The van der Waals surface area contributed by atoms with Crippen LogP contribution in [0.1, 0.15) is 27.2 Å². The SMILES string of the molecule is CC(C)OC(=O)OC(C)O/N=[N+](\[O-])N1CCC(C(=O)O)C1. The van der Waals surface area contributed by atoms with Crippen LogP contribution in [0.15, 0.2) is 5.28 Å². The topological polar surface area (TPSA) is 124 Å². The van der Waals surface area contributed by atoms with Crippen LogP contribution < -0.4 is 0 Å². The molecule has 1 saturated heterocycles. The molecule has 1 fully saturated rings. The van der Waals surface area contributed by atoms with Gasteiger partial charge in [-0.3, -0.25) is 9.63 Å². The lowest BCUT2D eigenvalue weighted by atomic mass is 10.1. The maximum absolute atomic E-state index is 11.6. The number of hydrazine groups is 1. The molecule has 1 aliphatic rings. The Kier molecular flexibility index (Phi) is 6.00. The summed E-state index contributed by atoms with van der Waals surface area (Å²) in [5.74, 6) is -1.56. The van der Waals surface area contributed by atoms with Crippen molar-refractivity contribution in [3.05, 3.63) is 5.21 Å². The van der Waals surface area contributed by atoms with Crippen molar-refractivity contribution in [2.75, 3.05) is 13.1 Å². The lowest BCUT2D eigenvalue weighted by Crippen LogP contribution is -2.30. The van der Waals surface area contributed by atoms with Crippen LogP contribution in [-0.4, -0.2) is 52.7 Å². The first kappa shape index (κ1) is 16.8. The summed E-state index contributed by atoms with van der Waals surface area (Å²) in [7, 11) is 0. The van der Waals surface area contributed by atoms with Gasteiger partial charge in [0, 0.05) is 6.92 Å².